The van der Waals surface area contributed by atoms with Gasteiger partial charge < -0.3 is 14.5 Å². The highest BCUT2D eigenvalue weighted by molar-refractivity contribution is 7.09. The number of nitrogens with zero attached hydrogens (tertiary/aromatic N) is 3. The van der Waals surface area contributed by atoms with Crippen LogP contribution in [0, 0.1) is 6.92 Å². The smallest absolute Gasteiger partial charge is 0.249 e. The summed E-state index contributed by atoms with van der Waals surface area (Å²) in [6, 6.07) is 0.0681. The molecule has 2 aliphatic heterocycles. The van der Waals surface area contributed by atoms with Gasteiger partial charge in [-0.05, 0) is 19.8 Å². The van der Waals surface area contributed by atoms with Crippen LogP contribution in [0.4, 0.5) is 0 Å². The molecule has 0 aliphatic carbocycles. The monoisotopic (exact) mass is 309 g/mol. The van der Waals surface area contributed by atoms with Crippen LogP contribution in [0.5, 0.6) is 0 Å². The van der Waals surface area contributed by atoms with Crippen molar-refractivity contribution >= 4 is 23.2 Å². The van der Waals surface area contributed by atoms with Crippen LogP contribution in [0.2, 0.25) is 0 Å². The van der Waals surface area contributed by atoms with E-state index in [9.17, 15) is 9.59 Å². The fourth-order valence-electron chi connectivity index (χ4n) is 2.88. The zero-order chi connectivity index (χ0) is 14.8. The van der Waals surface area contributed by atoms with Crippen LogP contribution in [0.25, 0.3) is 0 Å². The molecule has 0 aromatic carbocycles. The number of hydrogen-bond acceptors (Lipinski definition) is 5. The second-order valence-corrected chi connectivity index (χ2v) is 6.47. The molecule has 1 aromatic rings. The summed E-state index contributed by atoms with van der Waals surface area (Å²) < 4.78 is 5.09. The number of carbonyl (C=O) groups is 2. The van der Waals surface area contributed by atoms with Crippen molar-refractivity contribution in [3.05, 3.63) is 16.1 Å². The summed E-state index contributed by atoms with van der Waals surface area (Å²) in [6.07, 6.45) is 1.94. The van der Waals surface area contributed by atoms with Gasteiger partial charge in [-0.1, -0.05) is 0 Å². The Bertz CT molecular complexity index is 545. The molecule has 3 heterocycles. The highest BCUT2D eigenvalue weighted by Gasteiger charge is 2.33. The average molecular weight is 309 g/mol. The first-order valence-electron chi connectivity index (χ1n) is 7.22. The molecule has 21 heavy (non-hydrogen) atoms. The Morgan fingerprint density at radius 1 is 1.52 bits per heavy atom. The van der Waals surface area contributed by atoms with Crippen molar-refractivity contribution < 1.29 is 14.3 Å². The van der Waals surface area contributed by atoms with Gasteiger partial charge in [-0.3, -0.25) is 9.59 Å². The standard InChI is InChI=1S/C14H19N3O3S/c1-10-15-11(9-21-10)12-3-2-4-17(12)13(18)7-16-5-6-20-8-14(16)19/h9,12H,2-8H2,1H3/t12-/m0/s1. The molecule has 2 amide bonds. The number of amides is 2. The largest absolute Gasteiger partial charge is 0.370 e. The van der Waals surface area contributed by atoms with Crippen molar-refractivity contribution in [2.45, 2.75) is 25.8 Å². The molecule has 6 nitrogen and oxygen atoms in total. The van der Waals surface area contributed by atoms with Gasteiger partial charge in [0.25, 0.3) is 0 Å². The Labute approximate surface area is 127 Å². The minimum atomic E-state index is -0.102. The number of likely N-dealkylation sites (tertiary alicyclic amines) is 1. The quantitative estimate of drug-likeness (QED) is 0.835. The third kappa shape index (κ3) is 3.08. The number of aryl methyl sites for hydroxylation is 1. The van der Waals surface area contributed by atoms with Gasteiger partial charge in [0.1, 0.15) is 6.61 Å². The molecule has 114 valence electrons. The van der Waals surface area contributed by atoms with Crippen molar-refractivity contribution in [3.63, 3.8) is 0 Å². The number of carbonyl (C=O) groups excluding carboxylic acids is 2. The lowest BCUT2D eigenvalue weighted by Gasteiger charge is -2.30. The molecule has 0 radical (unpaired) electrons. The van der Waals surface area contributed by atoms with Crippen LogP contribution in [0.15, 0.2) is 5.38 Å². The molecule has 0 bridgehead atoms. The molecule has 1 aromatic heterocycles. The normalized spacial score (nSPS) is 22.9. The van der Waals surface area contributed by atoms with Crippen LogP contribution in [0.1, 0.15) is 29.6 Å². The van der Waals surface area contributed by atoms with Gasteiger partial charge in [-0.15, -0.1) is 11.3 Å². The summed E-state index contributed by atoms with van der Waals surface area (Å²) in [5.41, 5.74) is 0.983. The van der Waals surface area contributed by atoms with E-state index in [1.807, 2.05) is 17.2 Å². The summed E-state index contributed by atoms with van der Waals surface area (Å²) in [4.78, 5) is 32.2. The van der Waals surface area contributed by atoms with Crippen LogP contribution in [-0.2, 0) is 14.3 Å². The fourth-order valence-corrected chi connectivity index (χ4v) is 3.54. The molecule has 0 saturated carbocycles. The Balaban J connectivity index is 1.67. The lowest BCUT2D eigenvalue weighted by molar-refractivity contribution is -0.148. The molecular weight excluding hydrogens is 290 g/mol. The molecule has 2 saturated heterocycles. The van der Waals surface area contributed by atoms with E-state index in [4.69, 9.17) is 4.74 Å². The predicted octanol–water partition coefficient (Wildman–Crippen LogP) is 0.974. The predicted molar refractivity (Wildman–Crippen MR) is 77.9 cm³/mol. The Kier molecular flexibility index (Phi) is 4.21. The number of hydrogen-bond donors (Lipinski definition) is 0. The molecule has 7 heteroatoms. The van der Waals surface area contributed by atoms with E-state index in [0.717, 1.165) is 30.1 Å². The lowest BCUT2D eigenvalue weighted by Crippen LogP contribution is -2.47. The van der Waals surface area contributed by atoms with Crippen LogP contribution >= 0.6 is 11.3 Å². The maximum atomic E-state index is 12.5. The Morgan fingerprint density at radius 3 is 3.10 bits per heavy atom. The summed E-state index contributed by atoms with van der Waals surface area (Å²) in [5, 5.41) is 3.05. The SMILES string of the molecule is Cc1nc([C@@H]2CCCN2C(=O)CN2CCOCC2=O)cs1. The van der Waals surface area contributed by atoms with Crippen molar-refractivity contribution in [2.24, 2.45) is 0 Å². The highest BCUT2D eigenvalue weighted by atomic mass is 32.1. The van der Waals surface area contributed by atoms with E-state index < -0.39 is 0 Å². The average Bonchev–Trinajstić information content (AvgIpc) is 3.09. The number of aromatic nitrogens is 1. The van der Waals surface area contributed by atoms with Crippen LogP contribution in [-0.4, -0.2) is 59.4 Å². The van der Waals surface area contributed by atoms with Crippen LogP contribution < -0.4 is 0 Å². The minimum absolute atomic E-state index is 0.0124. The zero-order valence-electron chi connectivity index (χ0n) is 12.1. The zero-order valence-corrected chi connectivity index (χ0v) is 12.9. The second-order valence-electron chi connectivity index (χ2n) is 5.40. The number of thiazole rings is 1. The minimum Gasteiger partial charge on any atom is -0.370 e. The second kappa shape index (κ2) is 6.11. The number of morpholine rings is 1. The van der Waals surface area contributed by atoms with Gasteiger partial charge >= 0.3 is 0 Å². The lowest BCUT2D eigenvalue weighted by atomic mass is 10.1. The third-order valence-electron chi connectivity index (χ3n) is 3.96. The molecule has 2 aliphatic rings. The van der Waals surface area contributed by atoms with Gasteiger partial charge in [0.2, 0.25) is 11.8 Å². The van der Waals surface area contributed by atoms with E-state index in [0.29, 0.717) is 13.2 Å². The maximum Gasteiger partial charge on any atom is 0.249 e. The molecule has 0 unspecified atom stereocenters. The van der Waals surface area contributed by atoms with Gasteiger partial charge in [-0.25, -0.2) is 4.98 Å². The fraction of sp³-hybridized carbons (Fsp3) is 0.643. The van der Waals surface area contributed by atoms with E-state index in [1.165, 1.54) is 0 Å². The van der Waals surface area contributed by atoms with E-state index in [-0.39, 0.29) is 31.0 Å². The third-order valence-corrected chi connectivity index (χ3v) is 4.75. The van der Waals surface area contributed by atoms with Gasteiger partial charge in [0.15, 0.2) is 0 Å². The number of rotatable bonds is 3. The topological polar surface area (TPSA) is 62.7 Å². The summed E-state index contributed by atoms with van der Waals surface area (Å²) in [7, 11) is 0. The van der Waals surface area contributed by atoms with Crippen molar-refractivity contribution in [1.29, 1.82) is 0 Å². The first-order valence-corrected chi connectivity index (χ1v) is 8.10. The van der Waals surface area contributed by atoms with Crippen molar-refractivity contribution in [3.8, 4) is 0 Å². The van der Waals surface area contributed by atoms with Crippen LogP contribution in [0.3, 0.4) is 0 Å². The summed E-state index contributed by atoms with van der Waals surface area (Å²) in [6.45, 7) is 3.97. The Morgan fingerprint density at radius 2 is 2.38 bits per heavy atom. The van der Waals surface area contributed by atoms with E-state index in [2.05, 4.69) is 4.98 Å². The van der Waals surface area contributed by atoms with Crippen molar-refractivity contribution in [1.82, 2.24) is 14.8 Å². The van der Waals surface area contributed by atoms with E-state index >= 15 is 0 Å². The maximum absolute atomic E-state index is 12.5. The first-order chi connectivity index (χ1) is 10.1. The molecule has 1 atom stereocenters. The van der Waals surface area contributed by atoms with Gasteiger partial charge in [-0.2, -0.15) is 0 Å². The first kappa shape index (κ1) is 14.5. The van der Waals surface area contributed by atoms with Gasteiger partial charge in [0, 0.05) is 18.5 Å². The summed E-state index contributed by atoms with van der Waals surface area (Å²) in [5.74, 6) is -0.0896. The molecule has 3 rings (SSSR count). The number of ether oxygens (including phenoxy) is 1. The van der Waals surface area contributed by atoms with E-state index in [1.54, 1.807) is 16.2 Å². The van der Waals surface area contributed by atoms with Crippen molar-refractivity contribution in [2.75, 3.05) is 32.8 Å². The Hall–Kier alpha value is -1.47. The molecule has 0 spiro atoms. The highest BCUT2D eigenvalue weighted by Crippen LogP contribution is 2.32. The van der Waals surface area contributed by atoms with Gasteiger partial charge in [0.05, 0.1) is 29.9 Å². The molecule has 2 fully saturated rings. The molecule has 0 N–H and O–H groups in total. The molecular formula is C14H19N3O3S. The summed E-state index contributed by atoms with van der Waals surface area (Å²) >= 11 is 1.61.